The Morgan fingerprint density at radius 3 is 2.40 bits per heavy atom. The van der Waals surface area contributed by atoms with Gasteiger partial charge in [0.2, 0.25) is 0 Å². The average Bonchev–Trinajstić information content (AvgIpc) is 2.67. The normalized spacial score (nSPS) is 8.87. The van der Waals surface area contributed by atoms with Crippen molar-refractivity contribution in [1.29, 1.82) is 0 Å². The molecule has 4 nitrogen and oxygen atoms in total. The maximum atomic E-state index is 5.51. The Morgan fingerprint density at radius 2 is 1.80 bits per heavy atom. The molecule has 0 atom stereocenters. The van der Waals surface area contributed by atoms with Crippen LogP contribution >= 0.6 is 24.8 Å². The van der Waals surface area contributed by atoms with Gasteiger partial charge in [0.15, 0.2) is 5.82 Å². The van der Waals surface area contributed by atoms with E-state index in [4.69, 9.17) is 5.73 Å². The molecule has 2 N–H and O–H groups in total. The van der Waals surface area contributed by atoms with Crippen LogP contribution < -0.4 is 5.73 Å². The lowest BCUT2D eigenvalue weighted by Gasteiger charge is -2.03. The van der Waals surface area contributed by atoms with Gasteiger partial charge in [0, 0.05) is 5.69 Å². The molecule has 6 heteroatoms. The zero-order valence-corrected chi connectivity index (χ0v) is 9.54. The van der Waals surface area contributed by atoms with Gasteiger partial charge < -0.3 is 5.73 Å². The highest BCUT2D eigenvalue weighted by Crippen LogP contribution is 2.07. The predicted molar refractivity (Wildman–Crippen MR) is 63.7 cm³/mol. The van der Waals surface area contributed by atoms with Gasteiger partial charge in [0.1, 0.15) is 6.33 Å². The van der Waals surface area contributed by atoms with Crippen molar-refractivity contribution in [3.63, 3.8) is 0 Å². The highest BCUT2D eigenvalue weighted by atomic mass is 35.5. The highest BCUT2D eigenvalue weighted by molar-refractivity contribution is 5.85. The molecular formula is C9H12Cl2N4. The summed E-state index contributed by atoms with van der Waals surface area (Å²) in [6.07, 6.45) is 1.66. The Labute approximate surface area is 100 Å². The van der Waals surface area contributed by atoms with Gasteiger partial charge in [-0.3, -0.25) is 4.57 Å². The van der Waals surface area contributed by atoms with E-state index in [2.05, 4.69) is 10.2 Å². The first-order valence-corrected chi connectivity index (χ1v) is 4.06. The van der Waals surface area contributed by atoms with Gasteiger partial charge >= 0.3 is 0 Å². The average molecular weight is 247 g/mol. The zero-order chi connectivity index (χ0) is 9.10. The van der Waals surface area contributed by atoms with E-state index in [0.717, 1.165) is 11.5 Å². The number of halogens is 2. The number of nitrogens with two attached hydrogens (primary N) is 1. The summed E-state index contributed by atoms with van der Waals surface area (Å²) < 4.78 is 1.88. The van der Waals surface area contributed by atoms with Gasteiger partial charge in [-0.1, -0.05) is 18.2 Å². The fraction of sp³-hybridized carbons (Fsp3) is 0.111. The van der Waals surface area contributed by atoms with E-state index in [1.807, 2.05) is 34.9 Å². The van der Waals surface area contributed by atoms with Crippen molar-refractivity contribution in [3.05, 3.63) is 42.5 Å². The quantitative estimate of drug-likeness (QED) is 0.876. The van der Waals surface area contributed by atoms with Crippen molar-refractivity contribution in [2.75, 3.05) is 0 Å². The molecule has 0 unspecified atom stereocenters. The van der Waals surface area contributed by atoms with Crippen molar-refractivity contribution in [1.82, 2.24) is 14.8 Å². The fourth-order valence-electron chi connectivity index (χ4n) is 1.20. The summed E-state index contributed by atoms with van der Waals surface area (Å²) in [4.78, 5) is 0. The molecule has 2 aromatic rings. The van der Waals surface area contributed by atoms with Gasteiger partial charge in [-0.2, -0.15) is 0 Å². The first kappa shape index (κ1) is 13.9. The van der Waals surface area contributed by atoms with Crippen LogP contribution in [0.1, 0.15) is 5.82 Å². The van der Waals surface area contributed by atoms with Gasteiger partial charge in [-0.15, -0.1) is 35.0 Å². The van der Waals surface area contributed by atoms with Gasteiger partial charge in [-0.25, -0.2) is 0 Å². The van der Waals surface area contributed by atoms with Crippen LogP contribution in [0.15, 0.2) is 36.7 Å². The molecule has 0 aliphatic carbocycles. The highest BCUT2D eigenvalue weighted by Gasteiger charge is 2.02. The Morgan fingerprint density at radius 1 is 1.13 bits per heavy atom. The molecule has 0 bridgehead atoms. The number of aromatic nitrogens is 3. The fourth-order valence-corrected chi connectivity index (χ4v) is 1.20. The smallest absolute Gasteiger partial charge is 0.151 e. The molecule has 0 saturated heterocycles. The van der Waals surface area contributed by atoms with E-state index >= 15 is 0 Å². The van der Waals surface area contributed by atoms with Crippen LogP contribution in [0, 0.1) is 0 Å². The monoisotopic (exact) mass is 246 g/mol. The number of benzene rings is 1. The topological polar surface area (TPSA) is 56.7 Å². The maximum Gasteiger partial charge on any atom is 0.151 e. The van der Waals surface area contributed by atoms with E-state index in [0.29, 0.717) is 6.54 Å². The van der Waals surface area contributed by atoms with E-state index in [-0.39, 0.29) is 24.8 Å². The van der Waals surface area contributed by atoms with Crippen LogP contribution in [0.5, 0.6) is 0 Å². The summed E-state index contributed by atoms with van der Waals surface area (Å²) in [5.74, 6) is 0.770. The molecule has 2 rings (SSSR count). The second kappa shape index (κ2) is 6.40. The standard InChI is InChI=1S/C9H10N4.2ClH/c10-6-9-12-11-7-13(9)8-4-2-1-3-5-8;;/h1-5,7H,6,10H2;2*1H. The van der Waals surface area contributed by atoms with E-state index in [1.54, 1.807) is 6.33 Å². The first-order chi connectivity index (χ1) is 6.42. The van der Waals surface area contributed by atoms with Crippen LogP contribution in [0.3, 0.4) is 0 Å². The van der Waals surface area contributed by atoms with E-state index < -0.39 is 0 Å². The molecule has 0 aliphatic heterocycles. The van der Waals surface area contributed by atoms with Gasteiger partial charge in [0.05, 0.1) is 6.54 Å². The maximum absolute atomic E-state index is 5.51. The van der Waals surface area contributed by atoms with Crippen LogP contribution in [0.4, 0.5) is 0 Å². The molecule has 0 radical (unpaired) electrons. The molecule has 0 saturated carbocycles. The van der Waals surface area contributed by atoms with Crippen molar-refractivity contribution >= 4 is 24.8 Å². The summed E-state index contributed by atoms with van der Waals surface area (Å²) in [7, 11) is 0. The molecule has 0 fully saturated rings. The zero-order valence-electron chi connectivity index (χ0n) is 7.91. The van der Waals surface area contributed by atoms with Gasteiger partial charge in [-0.05, 0) is 12.1 Å². The predicted octanol–water partition coefficient (Wildman–Crippen LogP) is 1.57. The van der Waals surface area contributed by atoms with Crippen LogP contribution in [-0.4, -0.2) is 14.8 Å². The summed E-state index contributed by atoms with van der Waals surface area (Å²) in [5.41, 5.74) is 6.54. The molecule has 15 heavy (non-hydrogen) atoms. The third-order valence-corrected chi connectivity index (χ3v) is 1.84. The second-order valence-corrected chi connectivity index (χ2v) is 2.66. The van der Waals surface area contributed by atoms with Crippen LogP contribution in [-0.2, 0) is 6.54 Å². The van der Waals surface area contributed by atoms with Crippen molar-refractivity contribution in [2.24, 2.45) is 5.73 Å². The van der Waals surface area contributed by atoms with Crippen molar-refractivity contribution < 1.29 is 0 Å². The number of rotatable bonds is 2. The van der Waals surface area contributed by atoms with Crippen LogP contribution in [0.2, 0.25) is 0 Å². The molecule has 0 amide bonds. The first-order valence-electron chi connectivity index (χ1n) is 4.06. The minimum absolute atomic E-state index is 0. The Hall–Kier alpha value is -1.10. The van der Waals surface area contributed by atoms with E-state index in [9.17, 15) is 0 Å². The van der Waals surface area contributed by atoms with Crippen molar-refractivity contribution in [2.45, 2.75) is 6.54 Å². The SMILES string of the molecule is Cl.Cl.NCc1nncn1-c1ccccc1. The largest absolute Gasteiger partial charge is 0.324 e. The van der Waals surface area contributed by atoms with Gasteiger partial charge in [0.25, 0.3) is 0 Å². The number of hydrogen-bond donors (Lipinski definition) is 1. The minimum atomic E-state index is 0. The third-order valence-electron chi connectivity index (χ3n) is 1.84. The number of para-hydroxylation sites is 1. The molecule has 1 aromatic heterocycles. The minimum Gasteiger partial charge on any atom is -0.324 e. The second-order valence-electron chi connectivity index (χ2n) is 2.66. The summed E-state index contributed by atoms with van der Waals surface area (Å²) in [5, 5.41) is 7.70. The Balaban J connectivity index is 0.000000980. The third kappa shape index (κ3) is 2.92. The van der Waals surface area contributed by atoms with Crippen LogP contribution in [0.25, 0.3) is 5.69 Å². The summed E-state index contributed by atoms with van der Waals surface area (Å²) in [6.45, 7) is 0.398. The Kier molecular flexibility index (Phi) is 5.93. The summed E-state index contributed by atoms with van der Waals surface area (Å²) >= 11 is 0. The molecule has 0 spiro atoms. The molecule has 1 aromatic carbocycles. The lowest BCUT2D eigenvalue weighted by atomic mass is 10.3. The summed E-state index contributed by atoms with van der Waals surface area (Å²) in [6, 6.07) is 9.88. The molecule has 0 aliphatic rings. The Bertz CT molecular complexity index is 388. The van der Waals surface area contributed by atoms with E-state index in [1.165, 1.54) is 0 Å². The van der Waals surface area contributed by atoms with Crippen molar-refractivity contribution in [3.8, 4) is 5.69 Å². The lowest BCUT2D eigenvalue weighted by molar-refractivity contribution is 0.860. The number of nitrogens with zero attached hydrogens (tertiary/aromatic N) is 3. The number of hydrogen-bond acceptors (Lipinski definition) is 3. The molecule has 82 valence electrons. The molecule has 1 heterocycles. The lowest BCUT2D eigenvalue weighted by Crippen LogP contribution is -2.05. The molecular weight excluding hydrogens is 235 g/mol.